The minimum Gasteiger partial charge on any atom is -0.388 e. The Balaban J connectivity index is 2.56. The number of aliphatic hydroxyl groups is 2. The van der Waals surface area contributed by atoms with Gasteiger partial charge in [0.15, 0.2) is 0 Å². The van der Waals surface area contributed by atoms with Crippen molar-refractivity contribution >= 4 is 0 Å². The third kappa shape index (κ3) is 4.60. The molecule has 0 aliphatic heterocycles. The smallest absolute Gasteiger partial charge is 0.0824 e. The summed E-state index contributed by atoms with van der Waals surface area (Å²) in [4.78, 5) is 0. The van der Waals surface area contributed by atoms with Crippen LogP contribution in [0.3, 0.4) is 0 Å². The second-order valence-corrected chi connectivity index (χ2v) is 4.72. The van der Waals surface area contributed by atoms with Crippen molar-refractivity contribution in [3.8, 4) is 0 Å². The molecule has 1 aromatic rings. The SMILES string of the molecule is Cc1ccc([C@H](O)C/C=C/C(C)(C)O)cc1. The van der Waals surface area contributed by atoms with Crippen LogP contribution in [-0.4, -0.2) is 15.8 Å². The van der Waals surface area contributed by atoms with Crippen LogP contribution in [0.2, 0.25) is 0 Å². The molecule has 0 radical (unpaired) electrons. The van der Waals surface area contributed by atoms with Crippen LogP contribution in [0.1, 0.15) is 37.5 Å². The third-order valence-corrected chi connectivity index (χ3v) is 2.35. The lowest BCUT2D eigenvalue weighted by atomic mass is 10.0. The number of rotatable bonds is 4. The zero-order chi connectivity index (χ0) is 12.2. The second-order valence-electron chi connectivity index (χ2n) is 4.72. The lowest BCUT2D eigenvalue weighted by Crippen LogP contribution is -2.13. The summed E-state index contributed by atoms with van der Waals surface area (Å²) in [5.74, 6) is 0. The van der Waals surface area contributed by atoms with Gasteiger partial charge in [-0.15, -0.1) is 0 Å². The van der Waals surface area contributed by atoms with Crippen molar-refractivity contribution in [2.24, 2.45) is 0 Å². The highest BCUT2D eigenvalue weighted by Crippen LogP contribution is 2.18. The van der Waals surface area contributed by atoms with Gasteiger partial charge < -0.3 is 10.2 Å². The predicted octanol–water partition coefficient (Wildman–Crippen LogP) is 2.75. The summed E-state index contributed by atoms with van der Waals surface area (Å²) < 4.78 is 0. The van der Waals surface area contributed by atoms with Gasteiger partial charge in [0, 0.05) is 0 Å². The lowest BCUT2D eigenvalue weighted by Gasteiger charge is -2.12. The molecule has 0 saturated carbocycles. The molecule has 0 unspecified atom stereocenters. The van der Waals surface area contributed by atoms with Crippen molar-refractivity contribution in [2.45, 2.75) is 38.9 Å². The fourth-order valence-corrected chi connectivity index (χ4v) is 1.41. The molecule has 16 heavy (non-hydrogen) atoms. The van der Waals surface area contributed by atoms with Crippen LogP contribution in [0.15, 0.2) is 36.4 Å². The Morgan fingerprint density at radius 3 is 2.31 bits per heavy atom. The zero-order valence-corrected chi connectivity index (χ0v) is 10.1. The molecule has 0 amide bonds. The van der Waals surface area contributed by atoms with Gasteiger partial charge in [-0.3, -0.25) is 0 Å². The monoisotopic (exact) mass is 220 g/mol. The van der Waals surface area contributed by atoms with Gasteiger partial charge in [0.25, 0.3) is 0 Å². The first-order chi connectivity index (χ1) is 7.38. The molecule has 0 spiro atoms. The van der Waals surface area contributed by atoms with Crippen LogP contribution in [0, 0.1) is 6.92 Å². The molecular weight excluding hydrogens is 200 g/mol. The Bertz CT molecular complexity index is 344. The molecule has 2 N–H and O–H groups in total. The first kappa shape index (κ1) is 12.9. The summed E-state index contributed by atoms with van der Waals surface area (Å²) in [6.45, 7) is 5.44. The van der Waals surface area contributed by atoms with Crippen LogP contribution >= 0.6 is 0 Å². The Morgan fingerprint density at radius 1 is 1.25 bits per heavy atom. The van der Waals surface area contributed by atoms with E-state index in [1.165, 1.54) is 5.56 Å². The van der Waals surface area contributed by atoms with Crippen LogP contribution in [0.4, 0.5) is 0 Å². The normalized spacial score (nSPS) is 14.3. The molecule has 0 aromatic heterocycles. The highest BCUT2D eigenvalue weighted by molar-refractivity contribution is 5.23. The van der Waals surface area contributed by atoms with Crippen molar-refractivity contribution in [3.63, 3.8) is 0 Å². The van der Waals surface area contributed by atoms with E-state index in [0.717, 1.165) is 5.56 Å². The number of aryl methyl sites for hydroxylation is 1. The van der Waals surface area contributed by atoms with E-state index in [2.05, 4.69) is 0 Å². The van der Waals surface area contributed by atoms with Gasteiger partial charge in [0.1, 0.15) is 0 Å². The lowest BCUT2D eigenvalue weighted by molar-refractivity contribution is 0.131. The molecule has 1 aromatic carbocycles. The van der Waals surface area contributed by atoms with E-state index in [0.29, 0.717) is 6.42 Å². The van der Waals surface area contributed by atoms with Crippen LogP contribution < -0.4 is 0 Å². The molecule has 0 aliphatic rings. The summed E-state index contributed by atoms with van der Waals surface area (Å²) in [7, 11) is 0. The van der Waals surface area contributed by atoms with E-state index in [9.17, 15) is 10.2 Å². The molecule has 0 bridgehead atoms. The van der Waals surface area contributed by atoms with Gasteiger partial charge >= 0.3 is 0 Å². The number of benzene rings is 1. The third-order valence-electron chi connectivity index (χ3n) is 2.35. The molecule has 0 aliphatic carbocycles. The second kappa shape index (κ2) is 5.28. The minimum absolute atomic E-state index is 0.501. The van der Waals surface area contributed by atoms with Crippen molar-refractivity contribution in [2.75, 3.05) is 0 Å². The molecule has 2 heteroatoms. The molecule has 1 atom stereocenters. The maximum absolute atomic E-state index is 9.88. The molecule has 2 nitrogen and oxygen atoms in total. The van der Waals surface area contributed by atoms with E-state index < -0.39 is 11.7 Å². The van der Waals surface area contributed by atoms with Crippen molar-refractivity contribution in [1.29, 1.82) is 0 Å². The van der Waals surface area contributed by atoms with Crippen LogP contribution in [0.5, 0.6) is 0 Å². The Kier molecular flexibility index (Phi) is 4.27. The van der Waals surface area contributed by atoms with Gasteiger partial charge in [-0.1, -0.05) is 42.0 Å². The first-order valence-electron chi connectivity index (χ1n) is 5.53. The summed E-state index contributed by atoms with van der Waals surface area (Å²) in [6.07, 6.45) is 3.53. The fraction of sp³-hybridized carbons (Fsp3) is 0.429. The minimum atomic E-state index is -0.813. The van der Waals surface area contributed by atoms with Gasteiger partial charge in [-0.25, -0.2) is 0 Å². The maximum Gasteiger partial charge on any atom is 0.0824 e. The Hall–Kier alpha value is -1.12. The van der Waals surface area contributed by atoms with Crippen molar-refractivity contribution in [1.82, 2.24) is 0 Å². The zero-order valence-electron chi connectivity index (χ0n) is 10.1. The first-order valence-corrected chi connectivity index (χ1v) is 5.53. The standard InChI is InChI=1S/C14H20O2/c1-11-6-8-12(9-7-11)13(15)5-4-10-14(2,3)16/h4,6-10,13,15-16H,5H2,1-3H3/b10-4+/t13-/m1/s1. The molecular formula is C14H20O2. The number of hydrogen-bond acceptors (Lipinski definition) is 2. The largest absolute Gasteiger partial charge is 0.388 e. The summed E-state index contributed by atoms with van der Waals surface area (Å²) in [5.41, 5.74) is 1.28. The topological polar surface area (TPSA) is 40.5 Å². The molecule has 0 fully saturated rings. The Morgan fingerprint density at radius 2 is 1.81 bits per heavy atom. The number of hydrogen-bond donors (Lipinski definition) is 2. The summed E-state index contributed by atoms with van der Waals surface area (Å²) in [6, 6.07) is 7.83. The number of aliphatic hydroxyl groups excluding tert-OH is 1. The molecule has 1 rings (SSSR count). The van der Waals surface area contributed by atoms with E-state index in [4.69, 9.17) is 0 Å². The highest BCUT2D eigenvalue weighted by atomic mass is 16.3. The summed E-state index contributed by atoms with van der Waals surface area (Å²) in [5, 5.41) is 19.3. The van der Waals surface area contributed by atoms with Crippen molar-refractivity contribution < 1.29 is 10.2 Å². The van der Waals surface area contributed by atoms with Crippen LogP contribution in [0.25, 0.3) is 0 Å². The highest BCUT2D eigenvalue weighted by Gasteiger charge is 2.08. The quantitative estimate of drug-likeness (QED) is 0.766. The fourth-order valence-electron chi connectivity index (χ4n) is 1.41. The predicted molar refractivity (Wildman–Crippen MR) is 66.2 cm³/mol. The van der Waals surface area contributed by atoms with Gasteiger partial charge in [0.05, 0.1) is 11.7 Å². The van der Waals surface area contributed by atoms with Crippen molar-refractivity contribution in [3.05, 3.63) is 47.5 Å². The van der Waals surface area contributed by atoms with E-state index in [1.807, 2.05) is 37.3 Å². The van der Waals surface area contributed by atoms with E-state index in [-0.39, 0.29) is 0 Å². The molecule has 0 saturated heterocycles. The van der Waals surface area contributed by atoms with Gasteiger partial charge in [-0.2, -0.15) is 0 Å². The average molecular weight is 220 g/mol. The van der Waals surface area contributed by atoms with E-state index in [1.54, 1.807) is 19.9 Å². The Labute approximate surface area is 97.2 Å². The van der Waals surface area contributed by atoms with Crippen LogP contribution in [-0.2, 0) is 0 Å². The van der Waals surface area contributed by atoms with Gasteiger partial charge in [0.2, 0.25) is 0 Å². The molecule has 88 valence electrons. The average Bonchev–Trinajstić information content (AvgIpc) is 2.16. The summed E-state index contributed by atoms with van der Waals surface area (Å²) >= 11 is 0. The van der Waals surface area contributed by atoms with Gasteiger partial charge in [-0.05, 0) is 32.8 Å². The van der Waals surface area contributed by atoms with E-state index >= 15 is 0 Å². The maximum atomic E-state index is 9.88. The molecule has 0 heterocycles.